The van der Waals surface area contributed by atoms with Crippen molar-refractivity contribution >= 4 is 39.6 Å². The zero-order valence-electron chi connectivity index (χ0n) is 13.4. The van der Waals surface area contributed by atoms with Gasteiger partial charge in [-0.05, 0) is 38.0 Å². The first-order valence-electron chi connectivity index (χ1n) is 6.72. The molecule has 20 heavy (non-hydrogen) atoms. The van der Waals surface area contributed by atoms with Crippen molar-refractivity contribution in [3.8, 4) is 0 Å². The molecule has 4 nitrogen and oxygen atoms in total. The van der Waals surface area contributed by atoms with E-state index in [1.54, 1.807) is 16.0 Å². The number of hydrazone groups is 1. The van der Waals surface area contributed by atoms with Gasteiger partial charge in [-0.25, -0.2) is 9.47 Å². The van der Waals surface area contributed by atoms with Gasteiger partial charge < -0.3 is 4.98 Å². The Morgan fingerprint density at radius 1 is 1.25 bits per heavy atom. The van der Waals surface area contributed by atoms with E-state index >= 15 is 0 Å². The van der Waals surface area contributed by atoms with Gasteiger partial charge >= 0.3 is 6.03 Å². The average molecular weight is 328 g/mol. The minimum Gasteiger partial charge on any atom is -0.364 e. The van der Waals surface area contributed by atoms with Crippen LogP contribution in [0.5, 0.6) is 0 Å². The van der Waals surface area contributed by atoms with Crippen LogP contribution < -0.4 is 4.98 Å². The minimum atomic E-state index is -1.86. The third-order valence-corrected chi connectivity index (χ3v) is 5.95. The van der Waals surface area contributed by atoms with Gasteiger partial charge in [-0.3, -0.25) is 0 Å². The first-order valence-corrected chi connectivity index (χ1v) is 14.5. The third kappa shape index (κ3) is 5.22. The summed E-state index contributed by atoms with van der Waals surface area (Å²) in [6.45, 7) is 14.7. The zero-order valence-corrected chi connectivity index (χ0v) is 16.3. The summed E-state index contributed by atoms with van der Waals surface area (Å²) in [6.07, 6.45) is 0. The molecule has 112 valence electrons. The monoisotopic (exact) mass is 327 g/mol. The van der Waals surface area contributed by atoms with Gasteiger partial charge in [0.1, 0.15) is 8.24 Å². The molecular weight excluding hydrogens is 302 g/mol. The molecule has 0 fully saturated rings. The van der Waals surface area contributed by atoms with Crippen LogP contribution in [0.25, 0.3) is 0 Å². The van der Waals surface area contributed by atoms with Gasteiger partial charge in [0.2, 0.25) is 0 Å². The molecule has 0 atom stereocenters. The number of amides is 2. The number of nitrogens with one attached hydrogen (secondary N) is 1. The molecule has 1 rings (SSSR count). The Hall–Kier alpha value is -0.926. The minimum absolute atomic E-state index is 0.0563. The predicted octanol–water partition coefficient (Wildman–Crippen LogP) is 4.15. The van der Waals surface area contributed by atoms with E-state index in [0.29, 0.717) is 0 Å². The lowest BCUT2D eigenvalue weighted by Crippen LogP contribution is -2.57. The van der Waals surface area contributed by atoms with Crippen LogP contribution in [0, 0.1) is 0 Å². The fourth-order valence-electron chi connectivity index (χ4n) is 1.56. The van der Waals surface area contributed by atoms with Gasteiger partial charge in [-0.1, -0.05) is 25.7 Å². The van der Waals surface area contributed by atoms with Crippen molar-refractivity contribution in [3.63, 3.8) is 0 Å². The van der Waals surface area contributed by atoms with Crippen molar-refractivity contribution in [3.05, 3.63) is 22.4 Å². The Bertz CT molecular complexity index is 487. The Morgan fingerprint density at radius 2 is 1.85 bits per heavy atom. The molecule has 7 heteroatoms. The lowest BCUT2D eigenvalue weighted by atomic mass is 10.3. The molecule has 0 aliphatic carbocycles. The van der Waals surface area contributed by atoms with E-state index in [-0.39, 0.29) is 6.03 Å². The van der Waals surface area contributed by atoms with Crippen LogP contribution >= 0.6 is 11.3 Å². The molecule has 0 radical (unpaired) electrons. The number of carbonyl (C=O) groups excluding carboxylic acids is 1. The quantitative estimate of drug-likeness (QED) is 0.504. The molecule has 1 aromatic heterocycles. The Morgan fingerprint density at radius 3 is 2.25 bits per heavy atom. The van der Waals surface area contributed by atoms with E-state index in [0.717, 1.165) is 10.6 Å². The maximum atomic E-state index is 12.5. The molecule has 1 N–H and O–H groups in total. The van der Waals surface area contributed by atoms with Crippen LogP contribution in [0.1, 0.15) is 11.8 Å². The summed E-state index contributed by atoms with van der Waals surface area (Å²) in [5.41, 5.74) is 0.896. The number of urea groups is 1. The van der Waals surface area contributed by atoms with Crippen molar-refractivity contribution in [1.82, 2.24) is 9.66 Å². The second-order valence-electron chi connectivity index (χ2n) is 6.83. The van der Waals surface area contributed by atoms with Gasteiger partial charge in [0.25, 0.3) is 0 Å². The first kappa shape index (κ1) is 17.1. The van der Waals surface area contributed by atoms with Crippen LogP contribution in [-0.2, 0) is 0 Å². The summed E-state index contributed by atoms with van der Waals surface area (Å²) in [5.74, 6) is 0. The molecule has 0 spiro atoms. The van der Waals surface area contributed by atoms with Crippen LogP contribution in [0.2, 0.25) is 39.3 Å². The molecule has 0 aromatic carbocycles. The summed E-state index contributed by atoms with van der Waals surface area (Å²) in [5, 5.41) is 6.63. The second kappa shape index (κ2) is 6.23. The summed E-state index contributed by atoms with van der Waals surface area (Å²) in [4.78, 5) is 16.7. The fourth-order valence-corrected chi connectivity index (χ4v) is 4.20. The highest BCUT2D eigenvalue weighted by molar-refractivity contribution is 7.12. The molecule has 1 heterocycles. The molecule has 0 bridgehead atoms. The number of nitrogens with zero attached hydrogens (tertiary/aromatic N) is 2. The second-order valence-corrected chi connectivity index (χ2v) is 17.3. The molecule has 0 saturated carbocycles. The standard InChI is InChI=1S/C13H25N3OSSi2/c1-11(12-9-8-10-18-12)14-16(20(5,6)7)13(17)15-19(2,3)4/h8-10H,1-7H3,(H,15,17)/b14-11+. The van der Waals surface area contributed by atoms with Crippen LogP contribution in [-0.4, -0.2) is 32.9 Å². The summed E-state index contributed by atoms with van der Waals surface area (Å²) in [7, 11) is -3.53. The highest BCUT2D eigenvalue weighted by atomic mass is 32.1. The number of carbonyl (C=O) groups is 1. The molecule has 1 aromatic rings. The van der Waals surface area contributed by atoms with Gasteiger partial charge in [0.15, 0.2) is 8.24 Å². The number of hydrogen-bond donors (Lipinski definition) is 1. The van der Waals surface area contributed by atoms with Crippen molar-refractivity contribution < 1.29 is 4.79 Å². The van der Waals surface area contributed by atoms with E-state index < -0.39 is 16.5 Å². The smallest absolute Gasteiger partial charge is 0.321 e. The van der Waals surface area contributed by atoms with E-state index in [1.807, 2.05) is 24.4 Å². The maximum Gasteiger partial charge on any atom is 0.321 e. The summed E-state index contributed by atoms with van der Waals surface area (Å²) >= 11 is 1.64. The van der Waals surface area contributed by atoms with Crippen molar-refractivity contribution in [2.45, 2.75) is 46.2 Å². The predicted molar refractivity (Wildman–Crippen MR) is 93.6 cm³/mol. The van der Waals surface area contributed by atoms with Gasteiger partial charge in [-0.15, -0.1) is 11.3 Å². The maximum absolute atomic E-state index is 12.5. The lowest BCUT2D eigenvalue weighted by molar-refractivity contribution is 0.227. The van der Waals surface area contributed by atoms with Crippen molar-refractivity contribution in [2.75, 3.05) is 0 Å². The SMILES string of the molecule is C/C(=N\N(C(=O)N[Si](C)(C)C)[Si](C)(C)C)c1cccs1. The zero-order chi connectivity index (χ0) is 15.6. The fraction of sp³-hybridized carbons (Fsp3) is 0.538. The van der Waals surface area contributed by atoms with Crippen LogP contribution in [0.3, 0.4) is 0 Å². The Kier molecular flexibility index (Phi) is 5.34. The molecule has 0 saturated heterocycles. The number of thiophene rings is 1. The lowest BCUT2D eigenvalue weighted by Gasteiger charge is -2.32. The largest absolute Gasteiger partial charge is 0.364 e. The van der Waals surface area contributed by atoms with Crippen molar-refractivity contribution in [1.29, 1.82) is 0 Å². The van der Waals surface area contributed by atoms with E-state index in [9.17, 15) is 4.79 Å². The Labute approximate surface area is 128 Å². The average Bonchev–Trinajstić information content (AvgIpc) is 2.74. The highest BCUT2D eigenvalue weighted by Gasteiger charge is 2.31. The van der Waals surface area contributed by atoms with Gasteiger partial charge in [0.05, 0.1) is 5.71 Å². The number of hydrogen-bond acceptors (Lipinski definition) is 3. The molecule has 0 aliphatic rings. The highest BCUT2D eigenvalue weighted by Crippen LogP contribution is 2.15. The van der Waals surface area contributed by atoms with E-state index in [1.165, 1.54) is 0 Å². The topological polar surface area (TPSA) is 44.7 Å². The van der Waals surface area contributed by atoms with E-state index in [2.05, 4.69) is 49.4 Å². The Balaban J connectivity index is 3.03. The molecule has 2 amide bonds. The normalized spacial score (nSPS) is 13.2. The number of rotatable bonds is 4. The first-order chi connectivity index (χ1) is 9.00. The molecule has 0 aliphatic heterocycles. The summed E-state index contributed by atoms with van der Waals surface area (Å²) < 4.78 is 1.69. The summed E-state index contributed by atoms with van der Waals surface area (Å²) in [6, 6.07) is 3.97. The van der Waals surface area contributed by atoms with Crippen molar-refractivity contribution in [2.24, 2.45) is 5.10 Å². The van der Waals surface area contributed by atoms with Gasteiger partial charge in [-0.2, -0.15) is 5.10 Å². The molecule has 0 unspecified atom stereocenters. The van der Waals surface area contributed by atoms with Crippen LogP contribution in [0.15, 0.2) is 22.6 Å². The van der Waals surface area contributed by atoms with Gasteiger partial charge in [0, 0.05) is 4.88 Å². The third-order valence-electron chi connectivity index (χ3n) is 2.44. The van der Waals surface area contributed by atoms with E-state index in [4.69, 9.17) is 0 Å². The van der Waals surface area contributed by atoms with Crippen LogP contribution in [0.4, 0.5) is 4.79 Å². The molecular formula is C13H25N3OSSi2.